The van der Waals surface area contributed by atoms with Crippen LogP contribution in [0.15, 0.2) is 24.4 Å². The van der Waals surface area contributed by atoms with Gasteiger partial charge in [-0.05, 0) is 31.4 Å². The van der Waals surface area contributed by atoms with Crippen molar-refractivity contribution in [3.63, 3.8) is 0 Å². The lowest BCUT2D eigenvalue weighted by molar-refractivity contribution is -0.122. The molecule has 0 saturated carbocycles. The van der Waals surface area contributed by atoms with Crippen LogP contribution in [-0.2, 0) is 11.2 Å². The minimum absolute atomic E-state index is 0.0507. The molecule has 2 aromatic rings. The summed E-state index contributed by atoms with van der Waals surface area (Å²) in [7, 11) is 0. The molecule has 2 N–H and O–H groups in total. The molecule has 0 spiro atoms. The molecule has 0 aliphatic heterocycles. The van der Waals surface area contributed by atoms with E-state index in [0.29, 0.717) is 5.69 Å². The van der Waals surface area contributed by atoms with E-state index in [1.54, 1.807) is 6.20 Å². The van der Waals surface area contributed by atoms with Gasteiger partial charge >= 0.3 is 0 Å². The number of nitrogens with one attached hydrogen (secondary N) is 1. The molecule has 122 valence electrons. The first-order chi connectivity index (χ1) is 11.1. The number of halogens is 2. The van der Waals surface area contributed by atoms with Crippen LogP contribution in [0.3, 0.4) is 0 Å². The lowest BCUT2D eigenvalue weighted by Gasteiger charge is -2.24. The highest BCUT2D eigenvalue weighted by atomic mass is 19.1. The quantitative estimate of drug-likeness (QED) is 0.905. The summed E-state index contributed by atoms with van der Waals surface area (Å²) in [6.07, 6.45) is 4.00. The van der Waals surface area contributed by atoms with E-state index < -0.39 is 11.6 Å². The normalized spacial score (nSPS) is 16.9. The van der Waals surface area contributed by atoms with Gasteiger partial charge in [-0.15, -0.1) is 0 Å². The zero-order chi connectivity index (χ0) is 16.4. The molecule has 5 nitrogen and oxygen atoms in total. The molecule has 1 atom stereocenters. The van der Waals surface area contributed by atoms with E-state index in [4.69, 9.17) is 5.11 Å². The van der Waals surface area contributed by atoms with Crippen molar-refractivity contribution in [2.75, 3.05) is 6.61 Å². The summed E-state index contributed by atoms with van der Waals surface area (Å²) in [5.41, 5.74) is 2.02. The Morgan fingerprint density at radius 3 is 2.78 bits per heavy atom. The van der Waals surface area contributed by atoms with Crippen LogP contribution in [0.4, 0.5) is 8.78 Å². The molecule has 7 heteroatoms. The summed E-state index contributed by atoms with van der Waals surface area (Å²) < 4.78 is 28.4. The van der Waals surface area contributed by atoms with Gasteiger partial charge in [0.1, 0.15) is 11.6 Å². The fraction of sp³-hybridized carbons (Fsp3) is 0.375. The Morgan fingerprint density at radius 1 is 1.35 bits per heavy atom. The fourth-order valence-corrected chi connectivity index (χ4v) is 2.96. The summed E-state index contributed by atoms with van der Waals surface area (Å²) in [5, 5.41) is 15.9. The number of hydrogen-bond acceptors (Lipinski definition) is 3. The molecule has 1 amide bonds. The van der Waals surface area contributed by atoms with Crippen LogP contribution in [0.2, 0.25) is 0 Å². The number of carbonyl (C=O) groups is 1. The number of carbonyl (C=O) groups excluding carboxylic acids is 1. The van der Waals surface area contributed by atoms with Crippen molar-refractivity contribution in [2.45, 2.75) is 31.7 Å². The van der Waals surface area contributed by atoms with Crippen LogP contribution in [-0.4, -0.2) is 27.4 Å². The third kappa shape index (κ3) is 3.24. The molecule has 1 aliphatic carbocycles. The molecular formula is C16H17F2N3O2. The van der Waals surface area contributed by atoms with Gasteiger partial charge in [0, 0.05) is 23.7 Å². The maximum absolute atomic E-state index is 13.4. The van der Waals surface area contributed by atoms with Gasteiger partial charge in [-0.1, -0.05) is 0 Å². The number of fused-ring (bicyclic) bond motifs is 1. The highest BCUT2D eigenvalue weighted by Gasteiger charge is 2.26. The predicted octanol–water partition coefficient (Wildman–Crippen LogP) is 2.03. The maximum atomic E-state index is 13.4. The van der Waals surface area contributed by atoms with E-state index in [2.05, 4.69) is 10.4 Å². The molecule has 0 radical (unpaired) electrons. The Kier molecular flexibility index (Phi) is 4.38. The molecule has 0 bridgehead atoms. The Morgan fingerprint density at radius 2 is 2.09 bits per heavy atom. The van der Waals surface area contributed by atoms with Gasteiger partial charge in [0.25, 0.3) is 0 Å². The molecule has 1 unspecified atom stereocenters. The Balaban J connectivity index is 1.92. The summed E-state index contributed by atoms with van der Waals surface area (Å²) in [5.74, 6) is -1.55. The number of aromatic nitrogens is 2. The maximum Gasteiger partial charge on any atom is 0.222 e. The van der Waals surface area contributed by atoms with Crippen LogP contribution in [0.1, 0.15) is 36.6 Å². The second-order valence-electron chi connectivity index (χ2n) is 5.57. The van der Waals surface area contributed by atoms with Crippen molar-refractivity contribution >= 4 is 5.91 Å². The minimum atomic E-state index is -0.659. The van der Waals surface area contributed by atoms with Crippen molar-refractivity contribution < 1.29 is 18.7 Å². The molecule has 1 aromatic carbocycles. The van der Waals surface area contributed by atoms with Gasteiger partial charge in [0.15, 0.2) is 0 Å². The van der Waals surface area contributed by atoms with Crippen molar-refractivity contribution in [2.24, 2.45) is 0 Å². The second-order valence-corrected chi connectivity index (χ2v) is 5.57. The number of amides is 1. The standard InChI is InChI=1S/C16H17F2N3O2/c17-10-6-11(18)8-12(7-10)21-15-3-1-2-14(13(15)9-19-21)20-16(23)4-5-22/h6-9,14,22H,1-5H2,(H,20,23). The van der Waals surface area contributed by atoms with Crippen LogP contribution in [0.5, 0.6) is 0 Å². The van der Waals surface area contributed by atoms with E-state index >= 15 is 0 Å². The average Bonchev–Trinajstić information content (AvgIpc) is 2.91. The Bertz CT molecular complexity index is 710. The number of benzene rings is 1. The minimum Gasteiger partial charge on any atom is -0.396 e. The highest BCUT2D eigenvalue weighted by molar-refractivity contribution is 5.76. The third-order valence-corrected chi connectivity index (χ3v) is 3.95. The van der Waals surface area contributed by atoms with Crippen LogP contribution >= 0.6 is 0 Å². The molecule has 0 fully saturated rings. The average molecular weight is 321 g/mol. The summed E-state index contributed by atoms with van der Waals surface area (Å²) in [6.45, 7) is -0.201. The van der Waals surface area contributed by atoms with Crippen molar-refractivity contribution in [1.29, 1.82) is 0 Å². The first kappa shape index (κ1) is 15.6. The van der Waals surface area contributed by atoms with E-state index in [1.807, 2.05) is 0 Å². The van der Waals surface area contributed by atoms with Crippen LogP contribution < -0.4 is 5.32 Å². The Labute approximate surface area is 131 Å². The zero-order valence-electron chi connectivity index (χ0n) is 12.4. The summed E-state index contributed by atoms with van der Waals surface area (Å²) in [4.78, 5) is 11.7. The molecule has 23 heavy (non-hydrogen) atoms. The SMILES string of the molecule is O=C(CCO)NC1CCCc2c1cnn2-c1cc(F)cc(F)c1. The predicted molar refractivity (Wildman–Crippen MR) is 79.0 cm³/mol. The van der Waals surface area contributed by atoms with Crippen molar-refractivity contribution in [3.8, 4) is 5.69 Å². The third-order valence-electron chi connectivity index (χ3n) is 3.95. The van der Waals surface area contributed by atoms with Crippen molar-refractivity contribution in [3.05, 3.63) is 47.3 Å². The molecule has 1 aliphatic rings. The number of aliphatic hydroxyl groups excluding tert-OH is 1. The molecule has 1 heterocycles. The number of nitrogens with zero attached hydrogens (tertiary/aromatic N) is 2. The van der Waals surface area contributed by atoms with Gasteiger partial charge < -0.3 is 10.4 Å². The molecule has 1 aromatic heterocycles. The summed E-state index contributed by atoms with van der Waals surface area (Å²) in [6, 6.07) is 3.08. The lowest BCUT2D eigenvalue weighted by Crippen LogP contribution is -2.31. The van der Waals surface area contributed by atoms with Gasteiger partial charge in [-0.25, -0.2) is 13.5 Å². The molecule has 0 saturated heterocycles. The van der Waals surface area contributed by atoms with Gasteiger partial charge in [0.05, 0.1) is 24.5 Å². The lowest BCUT2D eigenvalue weighted by atomic mass is 9.92. The largest absolute Gasteiger partial charge is 0.396 e. The topological polar surface area (TPSA) is 67.2 Å². The van der Waals surface area contributed by atoms with Gasteiger partial charge in [0.2, 0.25) is 5.91 Å². The first-order valence-corrected chi connectivity index (χ1v) is 7.52. The molecular weight excluding hydrogens is 304 g/mol. The number of aliphatic hydroxyl groups is 1. The summed E-state index contributed by atoms with van der Waals surface area (Å²) >= 11 is 0. The Hall–Kier alpha value is -2.28. The van der Waals surface area contributed by atoms with E-state index in [1.165, 1.54) is 16.8 Å². The van der Waals surface area contributed by atoms with Gasteiger partial charge in [-0.2, -0.15) is 5.10 Å². The van der Waals surface area contributed by atoms with Crippen LogP contribution in [0.25, 0.3) is 5.69 Å². The van der Waals surface area contributed by atoms with E-state index in [-0.39, 0.29) is 25.0 Å². The first-order valence-electron chi connectivity index (χ1n) is 7.52. The highest BCUT2D eigenvalue weighted by Crippen LogP contribution is 2.31. The number of hydrogen-bond donors (Lipinski definition) is 2. The number of rotatable bonds is 4. The van der Waals surface area contributed by atoms with E-state index in [0.717, 1.165) is 36.6 Å². The monoisotopic (exact) mass is 321 g/mol. The van der Waals surface area contributed by atoms with Crippen LogP contribution in [0, 0.1) is 11.6 Å². The molecule has 3 rings (SSSR count). The van der Waals surface area contributed by atoms with Crippen molar-refractivity contribution in [1.82, 2.24) is 15.1 Å². The second kappa shape index (κ2) is 6.45. The fourth-order valence-electron chi connectivity index (χ4n) is 2.96. The smallest absolute Gasteiger partial charge is 0.222 e. The van der Waals surface area contributed by atoms with E-state index in [9.17, 15) is 13.6 Å². The zero-order valence-corrected chi connectivity index (χ0v) is 12.4. The van der Waals surface area contributed by atoms with Gasteiger partial charge in [-0.3, -0.25) is 4.79 Å².